The summed E-state index contributed by atoms with van der Waals surface area (Å²) in [4.78, 5) is 11.9. The van der Waals surface area contributed by atoms with Gasteiger partial charge >= 0.3 is 0 Å². The molecule has 4 N–H and O–H groups in total. The van der Waals surface area contributed by atoms with Gasteiger partial charge in [-0.15, -0.1) is 0 Å². The van der Waals surface area contributed by atoms with Crippen LogP contribution in [-0.4, -0.2) is 38.7 Å². The van der Waals surface area contributed by atoms with Crippen molar-refractivity contribution in [2.24, 2.45) is 5.92 Å². The van der Waals surface area contributed by atoms with Crippen LogP contribution in [0, 0.1) is 5.92 Å². The fourth-order valence-electron chi connectivity index (χ4n) is 3.10. The van der Waals surface area contributed by atoms with E-state index in [1.54, 1.807) is 29.7 Å². The van der Waals surface area contributed by atoms with Crippen LogP contribution in [0.1, 0.15) is 12.8 Å². The Morgan fingerprint density at radius 2 is 1.82 bits per heavy atom. The molecule has 1 unspecified atom stereocenters. The fraction of sp³-hybridized carbons (Fsp3) is 0.316. The zero-order valence-electron chi connectivity index (χ0n) is 15.2. The Labute approximate surface area is 163 Å². The molecule has 2 aromatic carbocycles. The van der Waals surface area contributed by atoms with Gasteiger partial charge in [-0.2, -0.15) is 4.72 Å². The molecule has 2 aromatic rings. The van der Waals surface area contributed by atoms with Gasteiger partial charge in [-0.05, 0) is 68.2 Å². The predicted molar refractivity (Wildman–Crippen MR) is 103 cm³/mol. The lowest BCUT2D eigenvalue weighted by atomic mass is 9.99. The SMILES string of the molecule is O=C(NO)[C@H](CC1CCNC1)NS(=O)(=O)c1ccc(Oc2ccccc2)cc1. The molecule has 150 valence electrons. The molecular formula is C19H23N3O5S. The normalized spacial score (nSPS) is 17.8. The van der Waals surface area contributed by atoms with Crippen LogP contribution < -0.4 is 20.3 Å². The molecule has 0 aliphatic carbocycles. The molecule has 3 rings (SSSR count). The van der Waals surface area contributed by atoms with E-state index in [-0.39, 0.29) is 10.8 Å². The van der Waals surface area contributed by atoms with Crippen molar-refractivity contribution in [3.63, 3.8) is 0 Å². The van der Waals surface area contributed by atoms with Gasteiger partial charge in [0.1, 0.15) is 17.5 Å². The third-order valence-corrected chi connectivity index (χ3v) is 6.06. The van der Waals surface area contributed by atoms with E-state index in [1.165, 1.54) is 12.1 Å². The van der Waals surface area contributed by atoms with Gasteiger partial charge < -0.3 is 10.1 Å². The second kappa shape index (κ2) is 9.16. The van der Waals surface area contributed by atoms with E-state index < -0.39 is 22.0 Å². The molecule has 1 aliphatic heterocycles. The van der Waals surface area contributed by atoms with E-state index in [0.717, 1.165) is 13.0 Å². The first-order valence-electron chi connectivity index (χ1n) is 8.98. The Morgan fingerprint density at radius 1 is 1.14 bits per heavy atom. The summed E-state index contributed by atoms with van der Waals surface area (Å²) >= 11 is 0. The number of carbonyl (C=O) groups excluding carboxylic acids is 1. The van der Waals surface area contributed by atoms with Crippen molar-refractivity contribution in [2.45, 2.75) is 23.8 Å². The molecule has 2 atom stereocenters. The number of hydrogen-bond donors (Lipinski definition) is 4. The van der Waals surface area contributed by atoms with Crippen molar-refractivity contribution in [3.8, 4) is 11.5 Å². The fourth-order valence-corrected chi connectivity index (χ4v) is 4.31. The maximum atomic E-state index is 12.7. The third-order valence-electron chi connectivity index (χ3n) is 4.57. The van der Waals surface area contributed by atoms with Gasteiger partial charge in [-0.25, -0.2) is 13.9 Å². The number of sulfonamides is 1. The average Bonchev–Trinajstić information content (AvgIpc) is 3.21. The first kappa shape index (κ1) is 20.3. The molecule has 1 aliphatic rings. The molecule has 8 nitrogen and oxygen atoms in total. The minimum absolute atomic E-state index is 0.00759. The number of amides is 1. The number of hydrogen-bond acceptors (Lipinski definition) is 6. The van der Waals surface area contributed by atoms with Crippen LogP contribution in [0.3, 0.4) is 0 Å². The molecular weight excluding hydrogens is 382 g/mol. The first-order valence-corrected chi connectivity index (χ1v) is 10.5. The van der Waals surface area contributed by atoms with Crippen molar-refractivity contribution in [1.82, 2.24) is 15.5 Å². The van der Waals surface area contributed by atoms with Gasteiger partial charge in [0.2, 0.25) is 10.0 Å². The highest BCUT2D eigenvalue weighted by atomic mass is 32.2. The largest absolute Gasteiger partial charge is 0.457 e. The van der Waals surface area contributed by atoms with Crippen molar-refractivity contribution in [2.75, 3.05) is 13.1 Å². The highest BCUT2D eigenvalue weighted by molar-refractivity contribution is 7.89. The number of ether oxygens (including phenoxy) is 1. The standard InChI is InChI=1S/C19H23N3O5S/c23-19(21-24)18(12-14-10-11-20-13-14)22-28(25,26)17-8-6-16(7-9-17)27-15-4-2-1-3-5-15/h1-9,14,18,20,22,24H,10-13H2,(H,21,23)/t14?,18-/m0/s1. The molecule has 1 heterocycles. The molecule has 0 saturated carbocycles. The van der Waals surface area contributed by atoms with Crippen molar-refractivity contribution < 1.29 is 23.2 Å². The average molecular weight is 405 g/mol. The van der Waals surface area contributed by atoms with Gasteiger partial charge in [0.15, 0.2) is 0 Å². The van der Waals surface area contributed by atoms with Crippen LogP contribution in [-0.2, 0) is 14.8 Å². The zero-order chi connectivity index (χ0) is 20.0. The van der Waals surface area contributed by atoms with Gasteiger partial charge in [0.05, 0.1) is 4.90 Å². The van der Waals surface area contributed by atoms with Crippen LogP contribution in [0.5, 0.6) is 11.5 Å². The Hall–Kier alpha value is -2.46. The number of hydroxylamine groups is 1. The summed E-state index contributed by atoms with van der Waals surface area (Å²) < 4.78 is 33.4. The highest BCUT2D eigenvalue weighted by Crippen LogP contribution is 2.23. The summed E-state index contributed by atoms with van der Waals surface area (Å²) in [6.07, 6.45) is 1.15. The van der Waals surface area contributed by atoms with Crippen LogP contribution in [0.25, 0.3) is 0 Å². The van der Waals surface area contributed by atoms with Gasteiger partial charge in [-0.3, -0.25) is 10.0 Å². The minimum atomic E-state index is -3.94. The molecule has 0 bridgehead atoms. The predicted octanol–water partition coefficient (Wildman–Crippen LogP) is 1.63. The third kappa shape index (κ3) is 5.29. The Kier molecular flexibility index (Phi) is 6.63. The molecule has 28 heavy (non-hydrogen) atoms. The topological polar surface area (TPSA) is 117 Å². The van der Waals surface area contributed by atoms with Crippen molar-refractivity contribution >= 4 is 15.9 Å². The minimum Gasteiger partial charge on any atom is -0.457 e. The molecule has 1 fully saturated rings. The molecule has 1 saturated heterocycles. The summed E-state index contributed by atoms with van der Waals surface area (Å²) in [6, 6.07) is 14.0. The molecule has 0 spiro atoms. The van der Waals surface area contributed by atoms with Crippen LogP contribution in [0.4, 0.5) is 0 Å². The van der Waals surface area contributed by atoms with Crippen molar-refractivity contribution in [1.29, 1.82) is 0 Å². The lowest BCUT2D eigenvalue weighted by Crippen LogP contribution is -2.46. The Morgan fingerprint density at radius 3 is 2.43 bits per heavy atom. The number of nitrogens with one attached hydrogen (secondary N) is 3. The first-order chi connectivity index (χ1) is 13.5. The Balaban J connectivity index is 1.70. The molecule has 0 aromatic heterocycles. The summed E-state index contributed by atoms with van der Waals surface area (Å²) in [6.45, 7) is 1.54. The quantitative estimate of drug-likeness (QED) is 0.392. The maximum absolute atomic E-state index is 12.7. The van der Waals surface area contributed by atoms with Crippen LogP contribution >= 0.6 is 0 Å². The second-order valence-electron chi connectivity index (χ2n) is 6.63. The number of carbonyl (C=O) groups is 1. The number of para-hydroxylation sites is 1. The van der Waals surface area contributed by atoms with Gasteiger partial charge in [-0.1, -0.05) is 18.2 Å². The maximum Gasteiger partial charge on any atom is 0.261 e. The highest BCUT2D eigenvalue weighted by Gasteiger charge is 2.29. The van der Waals surface area contributed by atoms with Crippen LogP contribution in [0.15, 0.2) is 59.5 Å². The van der Waals surface area contributed by atoms with E-state index in [9.17, 15) is 13.2 Å². The van der Waals surface area contributed by atoms with E-state index >= 15 is 0 Å². The zero-order valence-corrected chi connectivity index (χ0v) is 16.0. The van der Waals surface area contributed by atoms with E-state index in [0.29, 0.717) is 24.5 Å². The lowest BCUT2D eigenvalue weighted by Gasteiger charge is -2.20. The second-order valence-corrected chi connectivity index (χ2v) is 8.34. The van der Waals surface area contributed by atoms with Crippen molar-refractivity contribution in [3.05, 3.63) is 54.6 Å². The smallest absolute Gasteiger partial charge is 0.261 e. The molecule has 9 heteroatoms. The monoisotopic (exact) mass is 405 g/mol. The van der Waals surface area contributed by atoms with Crippen LogP contribution in [0.2, 0.25) is 0 Å². The van der Waals surface area contributed by atoms with E-state index in [1.807, 2.05) is 18.2 Å². The lowest BCUT2D eigenvalue weighted by molar-refractivity contribution is -0.131. The summed E-state index contributed by atoms with van der Waals surface area (Å²) in [7, 11) is -3.94. The van der Waals surface area contributed by atoms with Gasteiger partial charge in [0, 0.05) is 0 Å². The number of rotatable bonds is 8. The van der Waals surface area contributed by atoms with E-state index in [4.69, 9.17) is 9.94 Å². The summed E-state index contributed by atoms with van der Waals surface area (Å²) in [5.41, 5.74) is 1.54. The molecule has 0 radical (unpaired) electrons. The van der Waals surface area contributed by atoms with E-state index in [2.05, 4.69) is 10.0 Å². The number of benzene rings is 2. The summed E-state index contributed by atoms with van der Waals surface area (Å²) in [5.74, 6) is 0.513. The summed E-state index contributed by atoms with van der Waals surface area (Å²) in [5, 5.41) is 12.1. The Bertz CT molecular complexity index is 882. The molecule has 1 amide bonds. The van der Waals surface area contributed by atoms with Gasteiger partial charge in [0.25, 0.3) is 5.91 Å².